The molecule has 0 bridgehead atoms. The van der Waals surface area contributed by atoms with Gasteiger partial charge in [0.1, 0.15) is 6.61 Å². The summed E-state index contributed by atoms with van der Waals surface area (Å²) in [6.07, 6.45) is -3.92. The molecule has 0 amide bonds. The van der Waals surface area contributed by atoms with Crippen molar-refractivity contribution in [2.75, 3.05) is 13.2 Å². The van der Waals surface area contributed by atoms with Crippen LogP contribution in [0.3, 0.4) is 0 Å². The number of carboxylic acid groups (broad SMARTS) is 1. The molecule has 0 fully saturated rings. The standard InChI is InChI=1S/C9H15F3O3/c1-3-8(2,7(13)14)4-5-15-6-9(10,11)12/h3-6H2,1-2H3,(H,13,14). The summed E-state index contributed by atoms with van der Waals surface area (Å²) < 4.78 is 39.4. The minimum absolute atomic E-state index is 0.0783. The fourth-order valence-electron chi connectivity index (χ4n) is 0.920. The molecule has 0 saturated carbocycles. The molecule has 0 aromatic rings. The van der Waals surface area contributed by atoms with Gasteiger partial charge in [0.25, 0.3) is 0 Å². The second-order valence-electron chi connectivity index (χ2n) is 3.64. The van der Waals surface area contributed by atoms with Gasteiger partial charge in [0.05, 0.1) is 5.41 Å². The van der Waals surface area contributed by atoms with E-state index in [1.807, 2.05) is 0 Å². The number of ether oxygens (including phenoxy) is 1. The minimum Gasteiger partial charge on any atom is -0.481 e. The van der Waals surface area contributed by atoms with Crippen LogP contribution in [0.1, 0.15) is 26.7 Å². The maximum absolute atomic E-state index is 11.7. The largest absolute Gasteiger partial charge is 0.481 e. The van der Waals surface area contributed by atoms with Crippen molar-refractivity contribution in [2.45, 2.75) is 32.9 Å². The van der Waals surface area contributed by atoms with Gasteiger partial charge in [-0.3, -0.25) is 4.79 Å². The highest BCUT2D eigenvalue weighted by atomic mass is 19.4. The third-order valence-electron chi connectivity index (χ3n) is 2.36. The summed E-state index contributed by atoms with van der Waals surface area (Å²) in [5.74, 6) is -1.01. The van der Waals surface area contributed by atoms with Crippen molar-refractivity contribution in [3.8, 4) is 0 Å². The quantitative estimate of drug-likeness (QED) is 0.710. The van der Waals surface area contributed by atoms with Crippen LogP contribution in [-0.4, -0.2) is 30.5 Å². The fraction of sp³-hybridized carbons (Fsp3) is 0.889. The van der Waals surface area contributed by atoms with Crippen LogP contribution in [0.4, 0.5) is 13.2 Å². The van der Waals surface area contributed by atoms with E-state index in [1.165, 1.54) is 6.92 Å². The first-order chi connectivity index (χ1) is 6.71. The Morgan fingerprint density at radius 3 is 2.27 bits per heavy atom. The zero-order valence-electron chi connectivity index (χ0n) is 8.73. The number of rotatable bonds is 6. The van der Waals surface area contributed by atoms with Crippen molar-refractivity contribution in [2.24, 2.45) is 5.41 Å². The number of carboxylic acids is 1. The highest BCUT2D eigenvalue weighted by molar-refractivity contribution is 5.73. The molecule has 0 spiro atoms. The van der Waals surface area contributed by atoms with Crippen molar-refractivity contribution >= 4 is 5.97 Å². The molecule has 0 rings (SSSR count). The van der Waals surface area contributed by atoms with Gasteiger partial charge in [-0.05, 0) is 19.8 Å². The molecule has 6 heteroatoms. The second-order valence-corrected chi connectivity index (χ2v) is 3.64. The Hall–Kier alpha value is -0.780. The molecule has 0 saturated heterocycles. The number of halogens is 3. The van der Waals surface area contributed by atoms with Crippen LogP contribution in [-0.2, 0) is 9.53 Å². The average Bonchev–Trinajstić information content (AvgIpc) is 2.10. The predicted molar refractivity (Wildman–Crippen MR) is 47.5 cm³/mol. The van der Waals surface area contributed by atoms with Crippen LogP contribution in [0, 0.1) is 5.41 Å². The predicted octanol–water partition coefficient (Wildman–Crippen LogP) is 2.46. The Labute approximate surface area is 86.2 Å². The Balaban J connectivity index is 3.89. The van der Waals surface area contributed by atoms with Crippen molar-refractivity contribution in [1.82, 2.24) is 0 Å². The summed E-state index contributed by atoms with van der Waals surface area (Å²) in [5.41, 5.74) is -1.01. The van der Waals surface area contributed by atoms with Crippen molar-refractivity contribution in [1.29, 1.82) is 0 Å². The second kappa shape index (κ2) is 5.34. The Morgan fingerprint density at radius 2 is 1.93 bits per heavy atom. The zero-order valence-corrected chi connectivity index (χ0v) is 8.73. The number of carbonyl (C=O) groups is 1. The summed E-state index contributed by atoms with van der Waals surface area (Å²) in [5, 5.41) is 8.81. The first-order valence-electron chi connectivity index (χ1n) is 4.59. The van der Waals surface area contributed by atoms with Gasteiger partial charge in [-0.15, -0.1) is 0 Å². The lowest BCUT2D eigenvalue weighted by Crippen LogP contribution is -2.29. The molecule has 0 heterocycles. The van der Waals surface area contributed by atoms with Crippen LogP contribution in [0.5, 0.6) is 0 Å². The molecule has 0 aliphatic carbocycles. The molecule has 1 unspecified atom stereocenters. The summed E-state index contributed by atoms with van der Waals surface area (Å²) in [7, 11) is 0. The van der Waals surface area contributed by atoms with E-state index in [0.29, 0.717) is 6.42 Å². The van der Waals surface area contributed by atoms with Gasteiger partial charge in [0, 0.05) is 6.61 Å². The molecule has 1 atom stereocenters. The van der Waals surface area contributed by atoms with E-state index in [9.17, 15) is 18.0 Å². The van der Waals surface area contributed by atoms with Gasteiger partial charge < -0.3 is 9.84 Å². The summed E-state index contributed by atoms with van der Waals surface area (Å²) >= 11 is 0. The number of hydrogen-bond acceptors (Lipinski definition) is 2. The average molecular weight is 228 g/mol. The molecular formula is C9H15F3O3. The van der Waals surface area contributed by atoms with Crippen LogP contribution < -0.4 is 0 Å². The Bertz CT molecular complexity index is 215. The lowest BCUT2D eigenvalue weighted by molar-refractivity contribution is -0.176. The summed E-state index contributed by atoms with van der Waals surface area (Å²) in [4.78, 5) is 10.8. The lowest BCUT2D eigenvalue weighted by Gasteiger charge is -2.22. The molecule has 1 N–H and O–H groups in total. The van der Waals surface area contributed by atoms with E-state index in [0.717, 1.165) is 0 Å². The molecule has 0 aromatic heterocycles. The third-order valence-corrected chi connectivity index (χ3v) is 2.36. The summed E-state index contributed by atoms with van der Waals surface area (Å²) in [6, 6.07) is 0. The monoisotopic (exact) mass is 228 g/mol. The summed E-state index contributed by atoms with van der Waals surface area (Å²) in [6.45, 7) is 1.65. The lowest BCUT2D eigenvalue weighted by atomic mass is 9.84. The van der Waals surface area contributed by atoms with Gasteiger partial charge >= 0.3 is 12.1 Å². The van der Waals surface area contributed by atoms with Crippen LogP contribution >= 0.6 is 0 Å². The SMILES string of the molecule is CCC(C)(CCOCC(F)(F)F)C(=O)O. The normalized spacial score (nSPS) is 16.1. The van der Waals surface area contributed by atoms with Crippen molar-refractivity contribution in [3.63, 3.8) is 0 Å². The van der Waals surface area contributed by atoms with E-state index in [2.05, 4.69) is 4.74 Å². The van der Waals surface area contributed by atoms with Crippen molar-refractivity contribution < 1.29 is 27.8 Å². The fourth-order valence-corrected chi connectivity index (χ4v) is 0.920. The zero-order chi connectivity index (χ0) is 12.1. The maximum atomic E-state index is 11.7. The van der Waals surface area contributed by atoms with Crippen LogP contribution in [0.2, 0.25) is 0 Å². The highest BCUT2D eigenvalue weighted by Crippen LogP contribution is 2.26. The topological polar surface area (TPSA) is 46.5 Å². The van der Waals surface area contributed by atoms with Gasteiger partial charge in [0.2, 0.25) is 0 Å². The molecular weight excluding hydrogens is 213 g/mol. The molecule has 0 aliphatic heterocycles. The van der Waals surface area contributed by atoms with Crippen molar-refractivity contribution in [3.05, 3.63) is 0 Å². The van der Waals surface area contributed by atoms with E-state index in [4.69, 9.17) is 5.11 Å². The molecule has 15 heavy (non-hydrogen) atoms. The van der Waals surface area contributed by atoms with Gasteiger partial charge in [-0.2, -0.15) is 13.2 Å². The smallest absolute Gasteiger partial charge is 0.411 e. The Morgan fingerprint density at radius 1 is 1.40 bits per heavy atom. The van der Waals surface area contributed by atoms with Crippen LogP contribution in [0.15, 0.2) is 0 Å². The first-order valence-corrected chi connectivity index (χ1v) is 4.59. The maximum Gasteiger partial charge on any atom is 0.411 e. The van der Waals surface area contributed by atoms with Gasteiger partial charge in [0.15, 0.2) is 0 Å². The Kier molecular flexibility index (Phi) is 5.07. The van der Waals surface area contributed by atoms with Gasteiger partial charge in [-0.25, -0.2) is 0 Å². The number of alkyl halides is 3. The minimum atomic E-state index is -4.36. The molecule has 0 aliphatic rings. The van der Waals surface area contributed by atoms with Gasteiger partial charge in [-0.1, -0.05) is 6.92 Å². The van der Waals surface area contributed by atoms with E-state index in [1.54, 1.807) is 6.92 Å². The molecule has 3 nitrogen and oxygen atoms in total. The molecule has 0 radical (unpaired) electrons. The van der Waals surface area contributed by atoms with E-state index >= 15 is 0 Å². The van der Waals surface area contributed by atoms with Crippen LogP contribution in [0.25, 0.3) is 0 Å². The number of hydrogen-bond donors (Lipinski definition) is 1. The first kappa shape index (κ1) is 14.2. The molecule has 90 valence electrons. The number of aliphatic carboxylic acids is 1. The van der Waals surface area contributed by atoms with E-state index < -0.39 is 24.2 Å². The third kappa shape index (κ3) is 5.61. The van der Waals surface area contributed by atoms with E-state index in [-0.39, 0.29) is 13.0 Å². The molecule has 0 aromatic carbocycles. The highest BCUT2D eigenvalue weighted by Gasteiger charge is 2.32.